The average molecular weight is 258 g/mol. The summed E-state index contributed by atoms with van der Waals surface area (Å²) in [5, 5.41) is 18.1. The van der Waals surface area contributed by atoms with Crippen LogP contribution < -0.4 is 5.32 Å². The first kappa shape index (κ1) is 12.9. The van der Waals surface area contributed by atoms with Gasteiger partial charge in [-0.25, -0.2) is 0 Å². The normalized spacial score (nSPS) is 19.3. The Hall–Kier alpha value is -0.580. The van der Waals surface area contributed by atoms with Crippen molar-refractivity contribution < 1.29 is 5.11 Å². The molecule has 1 heterocycles. The standard InChI is InChI=1S/C12H20ClN3O/c1-3-14-12(8-17,10-4-5-10)7-16-9(2)11(13)6-15-16/h6,10,14,17H,3-5,7-8H2,1-2H3. The van der Waals surface area contributed by atoms with Crippen molar-refractivity contribution in [2.24, 2.45) is 5.92 Å². The Morgan fingerprint density at radius 1 is 1.65 bits per heavy atom. The fraction of sp³-hybridized carbons (Fsp3) is 0.750. The van der Waals surface area contributed by atoms with Gasteiger partial charge in [-0.1, -0.05) is 18.5 Å². The number of hydrogen-bond acceptors (Lipinski definition) is 3. The second-order valence-electron chi connectivity index (χ2n) is 4.85. The maximum Gasteiger partial charge on any atom is 0.0814 e. The molecular weight excluding hydrogens is 238 g/mol. The first-order valence-electron chi connectivity index (χ1n) is 6.16. The van der Waals surface area contributed by atoms with Gasteiger partial charge in [-0.15, -0.1) is 0 Å². The summed E-state index contributed by atoms with van der Waals surface area (Å²) in [5.74, 6) is 0.551. The smallest absolute Gasteiger partial charge is 0.0814 e. The summed E-state index contributed by atoms with van der Waals surface area (Å²) in [6, 6.07) is 0. The zero-order chi connectivity index (χ0) is 12.5. The fourth-order valence-corrected chi connectivity index (χ4v) is 2.54. The van der Waals surface area contributed by atoms with Crippen molar-refractivity contribution in [1.29, 1.82) is 0 Å². The highest BCUT2D eigenvalue weighted by molar-refractivity contribution is 6.31. The van der Waals surface area contributed by atoms with E-state index < -0.39 is 0 Å². The molecule has 1 aliphatic rings. The van der Waals surface area contributed by atoms with Crippen molar-refractivity contribution in [3.63, 3.8) is 0 Å². The van der Waals surface area contributed by atoms with E-state index >= 15 is 0 Å². The number of rotatable bonds is 6. The van der Waals surface area contributed by atoms with Crippen LogP contribution >= 0.6 is 11.6 Å². The van der Waals surface area contributed by atoms with Gasteiger partial charge in [0.15, 0.2) is 0 Å². The summed E-state index contributed by atoms with van der Waals surface area (Å²) >= 11 is 6.01. The maximum absolute atomic E-state index is 9.74. The van der Waals surface area contributed by atoms with Gasteiger partial charge in [0, 0.05) is 0 Å². The molecular formula is C12H20ClN3O. The van der Waals surface area contributed by atoms with E-state index in [4.69, 9.17) is 11.6 Å². The Morgan fingerprint density at radius 3 is 2.76 bits per heavy atom. The SMILES string of the molecule is CCNC(CO)(Cn1ncc(Cl)c1C)C1CC1. The second kappa shape index (κ2) is 4.96. The minimum absolute atomic E-state index is 0.141. The summed E-state index contributed by atoms with van der Waals surface area (Å²) in [7, 11) is 0. The van der Waals surface area contributed by atoms with Gasteiger partial charge in [0.05, 0.1) is 35.6 Å². The van der Waals surface area contributed by atoms with E-state index in [1.54, 1.807) is 6.20 Å². The van der Waals surface area contributed by atoms with Crippen molar-refractivity contribution in [2.45, 2.75) is 38.8 Å². The lowest BCUT2D eigenvalue weighted by molar-refractivity contribution is 0.119. The monoisotopic (exact) mass is 257 g/mol. The molecule has 1 fully saturated rings. The summed E-state index contributed by atoms with van der Waals surface area (Å²) in [4.78, 5) is 0. The highest BCUT2D eigenvalue weighted by atomic mass is 35.5. The van der Waals surface area contributed by atoms with E-state index in [1.807, 2.05) is 11.6 Å². The van der Waals surface area contributed by atoms with Gasteiger partial charge in [0.2, 0.25) is 0 Å². The van der Waals surface area contributed by atoms with Gasteiger partial charge in [0.1, 0.15) is 0 Å². The highest BCUT2D eigenvalue weighted by Gasteiger charge is 2.44. The van der Waals surface area contributed by atoms with Crippen LogP contribution in [-0.2, 0) is 6.54 Å². The van der Waals surface area contributed by atoms with Crippen molar-refractivity contribution in [2.75, 3.05) is 13.2 Å². The van der Waals surface area contributed by atoms with E-state index in [2.05, 4.69) is 17.3 Å². The molecule has 96 valence electrons. The van der Waals surface area contributed by atoms with E-state index in [0.29, 0.717) is 17.5 Å². The number of aliphatic hydroxyl groups excluding tert-OH is 1. The predicted octanol–water partition coefficient (Wildman–Crippen LogP) is 1.60. The minimum Gasteiger partial charge on any atom is -0.394 e. The van der Waals surface area contributed by atoms with Crippen LogP contribution in [0.1, 0.15) is 25.5 Å². The minimum atomic E-state index is -0.241. The Bertz CT molecular complexity index is 389. The third-order valence-corrected chi connectivity index (χ3v) is 4.02. The molecule has 17 heavy (non-hydrogen) atoms. The number of halogens is 1. The van der Waals surface area contributed by atoms with Crippen LogP contribution in [0, 0.1) is 12.8 Å². The van der Waals surface area contributed by atoms with Gasteiger partial charge in [-0.2, -0.15) is 5.10 Å². The molecule has 0 bridgehead atoms. The van der Waals surface area contributed by atoms with Crippen LogP contribution in [-0.4, -0.2) is 33.6 Å². The number of nitrogens with one attached hydrogen (secondary N) is 1. The first-order chi connectivity index (χ1) is 8.13. The molecule has 1 aromatic heterocycles. The van der Waals surface area contributed by atoms with Crippen LogP contribution in [0.25, 0.3) is 0 Å². The molecule has 0 aliphatic heterocycles. The van der Waals surface area contributed by atoms with Crippen LogP contribution in [0.5, 0.6) is 0 Å². The third kappa shape index (κ3) is 2.49. The molecule has 4 nitrogen and oxygen atoms in total. The Balaban J connectivity index is 2.19. The first-order valence-corrected chi connectivity index (χ1v) is 6.54. The van der Waals surface area contributed by atoms with Crippen molar-refractivity contribution in [3.05, 3.63) is 16.9 Å². The summed E-state index contributed by atoms with van der Waals surface area (Å²) in [5.41, 5.74) is 0.720. The largest absolute Gasteiger partial charge is 0.394 e. The fourth-order valence-electron chi connectivity index (χ4n) is 2.40. The van der Waals surface area contributed by atoms with Crippen molar-refractivity contribution in [3.8, 4) is 0 Å². The average Bonchev–Trinajstić information content (AvgIpc) is 3.12. The number of aliphatic hydroxyl groups is 1. The molecule has 0 amide bonds. The van der Waals surface area contributed by atoms with Gasteiger partial charge < -0.3 is 10.4 Å². The van der Waals surface area contributed by atoms with Crippen LogP contribution in [0.3, 0.4) is 0 Å². The maximum atomic E-state index is 9.74. The van der Waals surface area contributed by atoms with Gasteiger partial charge >= 0.3 is 0 Å². The molecule has 2 N–H and O–H groups in total. The molecule has 1 unspecified atom stereocenters. The number of aromatic nitrogens is 2. The molecule has 1 atom stereocenters. The molecule has 1 saturated carbocycles. The third-order valence-electron chi connectivity index (χ3n) is 3.64. The molecule has 0 saturated heterocycles. The summed E-state index contributed by atoms with van der Waals surface area (Å²) in [6.45, 7) is 5.69. The zero-order valence-corrected chi connectivity index (χ0v) is 11.2. The van der Waals surface area contributed by atoms with Gasteiger partial charge in [-0.05, 0) is 32.2 Å². The topological polar surface area (TPSA) is 50.1 Å². The van der Waals surface area contributed by atoms with Gasteiger partial charge in [0.25, 0.3) is 0 Å². The van der Waals surface area contributed by atoms with Crippen LogP contribution in [0.4, 0.5) is 0 Å². The summed E-state index contributed by atoms with van der Waals surface area (Å²) < 4.78 is 1.89. The quantitative estimate of drug-likeness (QED) is 0.814. The Labute approximate surface area is 107 Å². The van der Waals surface area contributed by atoms with Crippen LogP contribution in [0.15, 0.2) is 6.20 Å². The van der Waals surface area contributed by atoms with E-state index in [9.17, 15) is 5.11 Å². The molecule has 0 radical (unpaired) electrons. The summed E-state index contributed by atoms with van der Waals surface area (Å²) in [6.07, 6.45) is 4.03. The highest BCUT2D eigenvalue weighted by Crippen LogP contribution is 2.40. The van der Waals surface area contributed by atoms with Gasteiger partial charge in [-0.3, -0.25) is 4.68 Å². The lowest BCUT2D eigenvalue weighted by Crippen LogP contribution is -2.54. The van der Waals surface area contributed by atoms with E-state index in [1.165, 1.54) is 12.8 Å². The Kier molecular flexibility index (Phi) is 3.76. The molecule has 0 spiro atoms. The van der Waals surface area contributed by atoms with E-state index in [0.717, 1.165) is 12.2 Å². The number of nitrogens with zero attached hydrogens (tertiary/aromatic N) is 2. The number of likely N-dealkylation sites (N-methyl/N-ethyl adjacent to an activating group) is 1. The molecule has 2 rings (SSSR count). The molecule has 1 aliphatic carbocycles. The lowest BCUT2D eigenvalue weighted by Gasteiger charge is -2.33. The molecule has 5 heteroatoms. The number of hydrogen-bond donors (Lipinski definition) is 2. The Morgan fingerprint density at radius 2 is 2.35 bits per heavy atom. The van der Waals surface area contributed by atoms with Crippen molar-refractivity contribution in [1.82, 2.24) is 15.1 Å². The molecule has 0 aromatic carbocycles. The molecule has 1 aromatic rings. The van der Waals surface area contributed by atoms with Crippen LogP contribution in [0.2, 0.25) is 5.02 Å². The second-order valence-corrected chi connectivity index (χ2v) is 5.26. The predicted molar refractivity (Wildman–Crippen MR) is 68.2 cm³/mol. The van der Waals surface area contributed by atoms with Crippen molar-refractivity contribution >= 4 is 11.6 Å². The lowest BCUT2D eigenvalue weighted by atomic mass is 9.94. The zero-order valence-electron chi connectivity index (χ0n) is 10.4. The van der Waals surface area contributed by atoms with E-state index in [-0.39, 0.29) is 12.1 Å².